The Morgan fingerprint density at radius 3 is 3.00 bits per heavy atom. The Kier molecular flexibility index (Phi) is 1.66. The highest BCUT2D eigenvalue weighted by molar-refractivity contribution is 7.20. The van der Waals surface area contributed by atoms with Crippen molar-refractivity contribution in [2.75, 3.05) is 0 Å². The molecule has 0 aromatic carbocycles. The fourth-order valence-electron chi connectivity index (χ4n) is 1.04. The van der Waals surface area contributed by atoms with Gasteiger partial charge in [0.05, 0.1) is 15.8 Å². The Morgan fingerprint density at radius 2 is 2.31 bits per heavy atom. The Labute approximate surface area is 77.6 Å². The van der Waals surface area contributed by atoms with Crippen LogP contribution in [0.4, 0.5) is 0 Å². The number of hydrogen-bond donors (Lipinski definition) is 2. The number of nitrogens with two attached hydrogens (primary N) is 1. The number of fused-ring (bicyclic) bond motifs is 1. The molecular weight excluding hydrogens is 188 g/mol. The van der Waals surface area contributed by atoms with Gasteiger partial charge >= 0.3 is 0 Å². The van der Waals surface area contributed by atoms with Crippen molar-refractivity contribution in [2.45, 2.75) is 0 Å². The van der Waals surface area contributed by atoms with Crippen molar-refractivity contribution in [1.29, 1.82) is 0 Å². The molecular formula is C8H6N2O2S. The third-order valence-electron chi connectivity index (χ3n) is 1.64. The summed E-state index contributed by atoms with van der Waals surface area (Å²) in [5.74, 6) is -0.512. The minimum atomic E-state index is -0.512. The Hall–Kier alpha value is -1.62. The molecule has 66 valence electrons. The lowest BCUT2D eigenvalue weighted by Gasteiger charge is -1.92. The van der Waals surface area contributed by atoms with Gasteiger partial charge in [0.15, 0.2) is 5.06 Å². The van der Waals surface area contributed by atoms with Crippen LogP contribution in [0, 0.1) is 0 Å². The quantitative estimate of drug-likeness (QED) is 0.713. The second kappa shape index (κ2) is 2.70. The number of rotatable bonds is 1. The molecule has 5 heteroatoms. The fraction of sp³-hybridized carbons (Fsp3) is 0. The van der Waals surface area contributed by atoms with Crippen molar-refractivity contribution in [3.05, 3.63) is 23.9 Å². The third-order valence-corrected chi connectivity index (χ3v) is 2.51. The van der Waals surface area contributed by atoms with Gasteiger partial charge in [0.2, 0.25) is 5.91 Å². The van der Waals surface area contributed by atoms with Crippen LogP contribution in [0.2, 0.25) is 0 Å². The van der Waals surface area contributed by atoms with Gasteiger partial charge in [0.1, 0.15) is 0 Å². The zero-order chi connectivity index (χ0) is 9.42. The molecule has 0 fully saturated rings. The van der Waals surface area contributed by atoms with E-state index in [0.29, 0.717) is 11.1 Å². The van der Waals surface area contributed by atoms with E-state index in [-0.39, 0.29) is 5.06 Å². The maximum atomic E-state index is 10.8. The lowest BCUT2D eigenvalue weighted by atomic mass is 10.2. The van der Waals surface area contributed by atoms with Gasteiger partial charge in [0.25, 0.3) is 0 Å². The van der Waals surface area contributed by atoms with E-state index in [2.05, 4.69) is 4.98 Å². The number of aromatic nitrogens is 1. The van der Waals surface area contributed by atoms with Crippen LogP contribution in [-0.4, -0.2) is 16.0 Å². The summed E-state index contributed by atoms with van der Waals surface area (Å²) in [6.45, 7) is 0. The van der Waals surface area contributed by atoms with Gasteiger partial charge in [-0.05, 0) is 6.07 Å². The molecule has 0 radical (unpaired) electrons. The van der Waals surface area contributed by atoms with Gasteiger partial charge in [-0.25, -0.2) is 0 Å². The molecule has 2 aromatic heterocycles. The highest BCUT2D eigenvalue weighted by Gasteiger charge is 2.05. The van der Waals surface area contributed by atoms with Gasteiger partial charge in [-0.1, -0.05) is 11.3 Å². The number of pyridine rings is 1. The Morgan fingerprint density at radius 1 is 1.54 bits per heavy atom. The molecule has 2 aromatic rings. The van der Waals surface area contributed by atoms with E-state index in [1.807, 2.05) is 0 Å². The van der Waals surface area contributed by atoms with Crippen LogP contribution >= 0.6 is 11.3 Å². The second-order valence-electron chi connectivity index (χ2n) is 2.56. The predicted molar refractivity (Wildman–Crippen MR) is 49.8 cm³/mol. The van der Waals surface area contributed by atoms with Gasteiger partial charge in [-0.2, -0.15) is 0 Å². The normalized spacial score (nSPS) is 10.5. The monoisotopic (exact) mass is 194 g/mol. The van der Waals surface area contributed by atoms with Crippen LogP contribution in [0.3, 0.4) is 0 Å². The number of thiophene rings is 1. The smallest absolute Gasteiger partial charge is 0.250 e. The summed E-state index contributed by atoms with van der Waals surface area (Å²) < 4.78 is 0.758. The lowest BCUT2D eigenvalue weighted by Crippen LogP contribution is -2.10. The summed E-state index contributed by atoms with van der Waals surface area (Å²) in [6.07, 6.45) is 1.40. The van der Waals surface area contributed by atoms with Gasteiger partial charge < -0.3 is 10.8 Å². The average Bonchev–Trinajstić information content (AvgIpc) is 2.42. The number of carbonyl (C=O) groups is 1. The molecule has 4 nitrogen and oxygen atoms in total. The molecule has 0 spiro atoms. The van der Waals surface area contributed by atoms with Gasteiger partial charge in [-0.15, -0.1) is 0 Å². The zero-order valence-electron chi connectivity index (χ0n) is 6.52. The van der Waals surface area contributed by atoms with Crippen molar-refractivity contribution in [1.82, 2.24) is 4.98 Å². The van der Waals surface area contributed by atoms with Crippen molar-refractivity contribution in [3.63, 3.8) is 0 Å². The largest absolute Gasteiger partial charge is 0.499 e. The first-order chi connectivity index (χ1) is 6.16. The number of aromatic hydroxyl groups is 1. The molecule has 0 bridgehead atoms. The van der Waals surface area contributed by atoms with Crippen LogP contribution < -0.4 is 5.73 Å². The number of hydrogen-bond acceptors (Lipinski definition) is 4. The maximum Gasteiger partial charge on any atom is 0.250 e. The topological polar surface area (TPSA) is 76.2 Å². The summed E-state index contributed by atoms with van der Waals surface area (Å²) in [5.41, 5.74) is 6.10. The summed E-state index contributed by atoms with van der Waals surface area (Å²) in [6, 6.07) is 3.17. The Balaban J connectivity index is 2.67. The summed E-state index contributed by atoms with van der Waals surface area (Å²) in [5, 5.41) is 9.33. The predicted octanol–water partition coefficient (Wildman–Crippen LogP) is 1.10. The van der Waals surface area contributed by atoms with E-state index in [1.165, 1.54) is 17.5 Å². The minimum Gasteiger partial charge on any atom is -0.499 e. The molecule has 13 heavy (non-hydrogen) atoms. The van der Waals surface area contributed by atoms with Crippen molar-refractivity contribution >= 4 is 27.5 Å². The first-order valence-electron chi connectivity index (χ1n) is 3.55. The highest BCUT2D eigenvalue weighted by atomic mass is 32.1. The first-order valence-corrected chi connectivity index (χ1v) is 4.37. The van der Waals surface area contributed by atoms with E-state index in [0.717, 1.165) is 4.70 Å². The average molecular weight is 194 g/mol. The minimum absolute atomic E-state index is 0.184. The second-order valence-corrected chi connectivity index (χ2v) is 3.62. The van der Waals surface area contributed by atoms with Crippen LogP contribution in [0.15, 0.2) is 18.3 Å². The van der Waals surface area contributed by atoms with Crippen molar-refractivity contribution in [2.24, 2.45) is 5.73 Å². The number of primary amides is 1. The van der Waals surface area contributed by atoms with E-state index in [1.54, 1.807) is 12.1 Å². The number of carbonyl (C=O) groups excluding carboxylic acids is 1. The van der Waals surface area contributed by atoms with Crippen LogP contribution in [-0.2, 0) is 0 Å². The van der Waals surface area contributed by atoms with Crippen LogP contribution in [0.5, 0.6) is 5.06 Å². The van der Waals surface area contributed by atoms with Gasteiger partial charge in [-0.3, -0.25) is 9.78 Å². The molecule has 2 rings (SSSR count). The molecule has 0 saturated heterocycles. The Bertz CT molecular complexity index is 478. The molecule has 3 N–H and O–H groups in total. The summed E-state index contributed by atoms with van der Waals surface area (Å²) >= 11 is 1.17. The van der Waals surface area contributed by atoms with E-state index >= 15 is 0 Å². The highest BCUT2D eigenvalue weighted by Crippen LogP contribution is 2.29. The zero-order valence-corrected chi connectivity index (χ0v) is 7.34. The van der Waals surface area contributed by atoms with E-state index < -0.39 is 5.91 Å². The SMILES string of the molecule is NC(=O)c1cnc2cc(O)sc2c1. The van der Waals surface area contributed by atoms with Crippen molar-refractivity contribution in [3.8, 4) is 5.06 Å². The van der Waals surface area contributed by atoms with Crippen molar-refractivity contribution < 1.29 is 9.90 Å². The van der Waals surface area contributed by atoms with Crippen LogP contribution in [0.1, 0.15) is 10.4 Å². The summed E-state index contributed by atoms with van der Waals surface area (Å²) in [7, 11) is 0. The molecule has 0 aliphatic heterocycles. The first kappa shape index (κ1) is 8.00. The molecule has 0 atom stereocenters. The molecule has 0 unspecified atom stereocenters. The lowest BCUT2D eigenvalue weighted by molar-refractivity contribution is 0.1000. The molecule has 1 amide bonds. The van der Waals surface area contributed by atoms with Crippen LogP contribution in [0.25, 0.3) is 10.2 Å². The van der Waals surface area contributed by atoms with E-state index in [4.69, 9.17) is 10.8 Å². The maximum absolute atomic E-state index is 10.8. The van der Waals surface area contributed by atoms with Gasteiger partial charge in [0, 0.05) is 12.3 Å². The summed E-state index contributed by atoms with van der Waals surface area (Å²) in [4.78, 5) is 14.7. The standard InChI is InChI=1S/C8H6N2O2S/c9-8(12)4-1-6-5(10-3-4)2-7(11)13-6/h1-3,11H,(H2,9,12). The molecule has 0 aliphatic rings. The molecule has 0 aliphatic carbocycles. The number of nitrogens with zero attached hydrogens (tertiary/aromatic N) is 1. The molecule has 0 saturated carbocycles. The van der Waals surface area contributed by atoms with E-state index in [9.17, 15) is 4.79 Å². The fourth-order valence-corrected chi connectivity index (χ4v) is 1.84. The third kappa shape index (κ3) is 1.33. The number of amides is 1. The molecule has 2 heterocycles.